The molecule has 0 radical (unpaired) electrons. The molecule has 1 aromatic rings. The molecule has 1 fully saturated rings. The molecule has 1 saturated heterocycles. The topological polar surface area (TPSA) is 78.5 Å². The fourth-order valence-corrected chi connectivity index (χ4v) is 5.18. The van der Waals surface area contributed by atoms with Gasteiger partial charge in [0.2, 0.25) is 10.0 Å². The molecule has 144 valence electrons. The van der Waals surface area contributed by atoms with Gasteiger partial charge in [-0.05, 0) is 62.8 Å². The van der Waals surface area contributed by atoms with E-state index >= 15 is 0 Å². The van der Waals surface area contributed by atoms with Crippen LogP contribution in [0, 0.1) is 0 Å². The van der Waals surface area contributed by atoms with Crippen LogP contribution < -0.4 is 10.6 Å². The van der Waals surface area contributed by atoms with Crippen LogP contribution >= 0.6 is 11.6 Å². The quantitative estimate of drug-likeness (QED) is 0.817. The number of nitrogens with one attached hydrogen (secondary N) is 2. The number of urea groups is 1. The van der Waals surface area contributed by atoms with E-state index in [4.69, 9.17) is 11.6 Å². The molecule has 1 atom stereocenters. The van der Waals surface area contributed by atoms with Gasteiger partial charge in [0.1, 0.15) is 0 Å². The third-order valence-electron chi connectivity index (χ3n) is 5.23. The first-order valence-corrected chi connectivity index (χ1v) is 11.0. The molecule has 0 saturated carbocycles. The molecule has 2 amide bonds. The second kappa shape index (κ2) is 7.74. The zero-order valence-corrected chi connectivity index (χ0v) is 16.7. The first kappa shape index (κ1) is 19.5. The number of halogens is 1. The van der Waals surface area contributed by atoms with Crippen molar-refractivity contribution < 1.29 is 13.2 Å². The molecule has 1 aromatic carbocycles. The van der Waals surface area contributed by atoms with Gasteiger partial charge < -0.3 is 10.6 Å². The summed E-state index contributed by atoms with van der Waals surface area (Å²) < 4.78 is 25.9. The van der Waals surface area contributed by atoms with Crippen LogP contribution in [0.1, 0.15) is 50.3 Å². The second-order valence-electron chi connectivity index (χ2n) is 7.32. The van der Waals surface area contributed by atoms with Gasteiger partial charge in [-0.1, -0.05) is 17.7 Å². The van der Waals surface area contributed by atoms with Gasteiger partial charge in [-0.15, -0.1) is 0 Å². The van der Waals surface area contributed by atoms with E-state index < -0.39 is 15.3 Å². The van der Waals surface area contributed by atoms with Crippen LogP contribution in [-0.2, 0) is 16.4 Å². The molecule has 0 bridgehead atoms. The number of fused-ring (bicyclic) bond motifs is 1. The highest BCUT2D eigenvalue weighted by atomic mass is 35.5. The van der Waals surface area contributed by atoms with E-state index in [2.05, 4.69) is 10.6 Å². The lowest BCUT2D eigenvalue weighted by atomic mass is 10.1. The normalized spacial score (nSPS) is 21.6. The summed E-state index contributed by atoms with van der Waals surface area (Å²) >= 11 is 6.02. The van der Waals surface area contributed by atoms with Crippen LogP contribution in [0.4, 0.5) is 4.79 Å². The molecule has 0 unspecified atom stereocenters. The number of amides is 2. The lowest BCUT2D eigenvalue weighted by molar-refractivity contribution is 0.224. The average Bonchev–Trinajstić information content (AvgIpc) is 2.97. The van der Waals surface area contributed by atoms with Gasteiger partial charge in [0.15, 0.2) is 0 Å². The van der Waals surface area contributed by atoms with Crippen molar-refractivity contribution >= 4 is 27.7 Å². The number of benzene rings is 1. The number of piperidine rings is 1. The Kier molecular flexibility index (Phi) is 5.79. The fraction of sp³-hybridized carbons (Fsp3) is 0.611. The molecule has 1 aliphatic heterocycles. The SMILES string of the molecule is CC(C)S(=O)(=O)N1CCC(NC(=O)N[C@@H]2CCc3cc(Cl)ccc32)CC1. The number of carbonyl (C=O) groups excluding carboxylic acids is 1. The summed E-state index contributed by atoms with van der Waals surface area (Å²) in [6, 6.07) is 5.60. The van der Waals surface area contributed by atoms with E-state index in [1.165, 1.54) is 9.87 Å². The Balaban J connectivity index is 1.50. The Labute approximate surface area is 160 Å². The minimum atomic E-state index is -3.21. The minimum Gasteiger partial charge on any atom is -0.335 e. The number of hydrogen-bond acceptors (Lipinski definition) is 3. The van der Waals surface area contributed by atoms with E-state index in [0.29, 0.717) is 25.9 Å². The van der Waals surface area contributed by atoms with Crippen LogP contribution in [0.3, 0.4) is 0 Å². The maximum atomic E-state index is 12.4. The van der Waals surface area contributed by atoms with Gasteiger partial charge >= 0.3 is 6.03 Å². The first-order chi connectivity index (χ1) is 12.3. The lowest BCUT2D eigenvalue weighted by Gasteiger charge is -2.32. The van der Waals surface area contributed by atoms with Gasteiger partial charge in [0, 0.05) is 24.2 Å². The smallest absolute Gasteiger partial charge is 0.315 e. The van der Waals surface area contributed by atoms with Gasteiger partial charge in [-0.3, -0.25) is 0 Å². The summed E-state index contributed by atoms with van der Waals surface area (Å²) in [7, 11) is -3.21. The monoisotopic (exact) mass is 399 g/mol. The zero-order chi connectivity index (χ0) is 18.9. The summed E-state index contributed by atoms with van der Waals surface area (Å²) in [4.78, 5) is 12.4. The van der Waals surface area contributed by atoms with Crippen LogP contribution in [0.15, 0.2) is 18.2 Å². The Morgan fingerprint density at radius 2 is 1.88 bits per heavy atom. The van der Waals surface area contributed by atoms with E-state index in [1.54, 1.807) is 13.8 Å². The fourth-order valence-electron chi connectivity index (χ4n) is 3.67. The standard InChI is InChI=1S/C18H26ClN3O3S/c1-12(2)26(24,25)22-9-7-15(8-10-22)20-18(23)21-17-6-3-13-11-14(19)4-5-16(13)17/h4-5,11-12,15,17H,3,6-10H2,1-2H3,(H2,20,21,23)/t17-/m1/s1. The van der Waals surface area contributed by atoms with Crippen LogP contribution in [0.5, 0.6) is 0 Å². The Morgan fingerprint density at radius 1 is 1.19 bits per heavy atom. The number of hydrogen-bond donors (Lipinski definition) is 2. The van der Waals surface area contributed by atoms with Crippen molar-refractivity contribution in [2.75, 3.05) is 13.1 Å². The summed E-state index contributed by atoms with van der Waals surface area (Å²) in [5.41, 5.74) is 2.32. The predicted octanol–water partition coefficient (Wildman–Crippen LogP) is 2.83. The number of aryl methyl sites for hydroxylation is 1. The first-order valence-electron chi connectivity index (χ1n) is 9.11. The van der Waals surface area contributed by atoms with E-state index in [0.717, 1.165) is 23.4 Å². The Hall–Kier alpha value is -1.31. The highest BCUT2D eigenvalue weighted by Crippen LogP contribution is 2.32. The molecular formula is C18H26ClN3O3S. The van der Waals surface area contributed by atoms with Crippen molar-refractivity contribution in [3.63, 3.8) is 0 Å². The molecule has 0 spiro atoms. The third kappa shape index (κ3) is 4.15. The molecule has 3 rings (SSSR count). The summed E-state index contributed by atoms with van der Waals surface area (Å²) in [5.74, 6) is 0. The molecule has 2 N–H and O–H groups in total. The number of sulfonamides is 1. The molecule has 8 heteroatoms. The minimum absolute atomic E-state index is 0.000275. The Bertz CT molecular complexity index is 774. The van der Waals surface area contributed by atoms with Crippen molar-refractivity contribution in [3.05, 3.63) is 34.3 Å². The van der Waals surface area contributed by atoms with E-state index in [9.17, 15) is 13.2 Å². The van der Waals surface area contributed by atoms with Crippen molar-refractivity contribution in [2.45, 2.75) is 56.9 Å². The molecule has 2 aliphatic rings. The van der Waals surface area contributed by atoms with Crippen molar-refractivity contribution in [1.29, 1.82) is 0 Å². The zero-order valence-electron chi connectivity index (χ0n) is 15.2. The highest BCUT2D eigenvalue weighted by molar-refractivity contribution is 7.89. The molecule has 6 nitrogen and oxygen atoms in total. The maximum absolute atomic E-state index is 12.4. The molecule has 0 aromatic heterocycles. The van der Waals surface area contributed by atoms with Crippen LogP contribution in [0.25, 0.3) is 0 Å². The summed E-state index contributed by atoms with van der Waals surface area (Å²) in [6.07, 6.45) is 3.05. The highest BCUT2D eigenvalue weighted by Gasteiger charge is 2.31. The molecule has 26 heavy (non-hydrogen) atoms. The maximum Gasteiger partial charge on any atom is 0.315 e. The molecule has 1 aliphatic carbocycles. The number of carbonyl (C=O) groups is 1. The number of nitrogens with zero attached hydrogens (tertiary/aromatic N) is 1. The predicted molar refractivity (Wildman–Crippen MR) is 103 cm³/mol. The van der Waals surface area contributed by atoms with Gasteiger partial charge in [0.05, 0.1) is 11.3 Å². The Morgan fingerprint density at radius 3 is 2.54 bits per heavy atom. The summed E-state index contributed by atoms with van der Waals surface area (Å²) in [5, 5.41) is 6.34. The van der Waals surface area contributed by atoms with Crippen molar-refractivity contribution in [2.24, 2.45) is 0 Å². The van der Waals surface area contributed by atoms with Crippen LogP contribution in [0.2, 0.25) is 5.02 Å². The number of rotatable bonds is 4. The third-order valence-corrected chi connectivity index (χ3v) is 7.74. The van der Waals surface area contributed by atoms with Crippen molar-refractivity contribution in [3.8, 4) is 0 Å². The van der Waals surface area contributed by atoms with Gasteiger partial charge in [-0.2, -0.15) is 0 Å². The van der Waals surface area contributed by atoms with Gasteiger partial charge in [0.25, 0.3) is 0 Å². The molecular weight excluding hydrogens is 374 g/mol. The van der Waals surface area contributed by atoms with E-state index in [1.807, 2.05) is 18.2 Å². The average molecular weight is 400 g/mol. The second-order valence-corrected chi connectivity index (χ2v) is 10.2. The lowest BCUT2D eigenvalue weighted by Crippen LogP contribution is -2.50. The van der Waals surface area contributed by atoms with Crippen LogP contribution in [-0.4, -0.2) is 43.1 Å². The molecule has 1 heterocycles. The van der Waals surface area contributed by atoms with Gasteiger partial charge in [-0.25, -0.2) is 17.5 Å². The van der Waals surface area contributed by atoms with E-state index in [-0.39, 0.29) is 18.1 Å². The largest absolute Gasteiger partial charge is 0.335 e. The summed E-state index contributed by atoms with van der Waals surface area (Å²) in [6.45, 7) is 4.30. The van der Waals surface area contributed by atoms with Crippen molar-refractivity contribution in [1.82, 2.24) is 14.9 Å².